The molecule has 0 bridgehead atoms. The second-order valence-electron chi connectivity index (χ2n) is 10.8. The largest absolute Gasteiger partial charge is 0.496 e. The van der Waals surface area contributed by atoms with E-state index in [9.17, 15) is 14.7 Å². The lowest BCUT2D eigenvalue weighted by Crippen LogP contribution is -2.30. The van der Waals surface area contributed by atoms with Crippen LogP contribution in [0.5, 0.6) is 11.5 Å². The van der Waals surface area contributed by atoms with E-state index in [4.69, 9.17) is 9.47 Å². The van der Waals surface area contributed by atoms with Crippen LogP contribution < -0.4 is 9.47 Å². The molecule has 0 radical (unpaired) electrons. The van der Waals surface area contributed by atoms with Gasteiger partial charge in [-0.05, 0) is 85.9 Å². The van der Waals surface area contributed by atoms with Crippen LogP contribution >= 0.6 is 0 Å². The minimum absolute atomic E-state index is 0.0767. The number of hydrogen-bond acceptors (Lipinski definition) is 8. The lowest BCUT2D eigenvalue weighted by molar-refractivity contribution is -0.295. The zero-order valence-corrected chi connectivity index (χ0v) is 23.6. The van der Waals surface area contributed by atoms with Gasteiger partial charge < -0.3 is 28.6 Å². The molecule has 0 saturated carbocycles. The zero-order chi connectivity index (χ0) is 29.1. The fraction of sp³-hybridized carbons (Fsp3) is 0.333. The zero-order valence-electron chi connectivity index (χ0n) is 23.6. The molecule has 0 amide bonds. The van der Waals surface area contributed by atoms with E-state index < -0.39 is 17.9 Å². The van der Waals surface area contributed by atoms with E-state index >= 15 is 0 Å². The Labute approximate surface area is 244 Å². The van der Waals surface area contributed by atoms with Gasteiger partial charge in [-0.1, -0.05) is 30.3 Å². The number of hydrogen-bond donors (Lipinski definition) is 1. The highest BCUT2D eigenvalue weighted by atomic mass is 16.9. The van der Waals surface area contributed by atoms with Crippen molar-refractivity contribution in [3.05, 3.63) is 83.9 Å². The van der Waals surface area contributed by atoms with Gasteiger partial charge in [-0.2, -0.15) is 0 Å². The summed E-state index contributed by atoms with van der Waals surface area (Å²) in [6.45, 7) is 4.14. The number of aromatic nitrogens is 1. The summed E-state index contributed by atoms with van der Waals surface area (Å²) in [6.07, 6.45) is 2.76. The van der Waals surface area contributed by atoms with Crippen molar-refractivity contribution in [3.63, 3.8) is 0 Å². The average Bonchev–Trinajstić information content (AvgIpc) is 3.70. The Balaban J connectivity index is 1.16. The number of para-hydroxylation sites is 1. The molecule has 9 heteroatoms. The quantitative estimate of drug-likeness (QED) is 0.155. The second kappa shape index (κ2) is 11.9. The fourth-order valence-corrected chi connectivity index (χ4v) is 5.71. The molecule has 0 spiro atoms. The molecule has 3 aromatic carbocycles. The molecule has 1 aromatic heterocycles. The third kappa shape index (κ3) is 5.98. The van der Waals surface area contributed by atoms with E-state index in [1.54, 1.807) is 7.11 Å². The van der Waals surface area contributed by atoms with E-state index in [0.29, 0.717) is 18.7 Å². The Morgan fingerprint density at radius 3 is 2.38 bits per heavy atom. The van der Waals surface area contributed by atoms with Crippen LogP contribution in [0.2, 0.25) is 0 Å². The number of esters is 2. The predicted octanol–water partition coefficient (Wildman–Crippen LogP) is 4.87. The summed E-state index contributed by atoms with van der Waals surface area (Å²) in [6, 6.07) is 25.0. The van der Waals surface area contributed by atoms with Gasteiger partial charge in [0.15, 0.2) is 0 Å². The number of fused-ring (bicyclic) bond motifs is 1. The summed E-state index contributed by atoms with van der Waals surface area (Å²) in [4.78, 5) is 24.8. The smallest absolute Gasteiger partial charge is 0.422 e. The van der Waals surface area contributed by atoms with Crippen LogP contribution in [0.3, 0.4) is 0 Å². The summed E-state index contributed by atoms with van der Waals surface area (Å²) in [7, 11) is 1.74. The maximum absolute atomic E-state index is 11.2. The van der Waals surface area contributed by atoms with Gasteiger partial charge in [-0.3, -0.25) is 4.90 Å². The van der Waals surface area contributed by atoms with Crippen LogP contribution in [0.15, 0.2) is 72.8 Å². The Morgan fingerprint density at radius 2 is 1.64 bits per heavy atom. The molecule has 0 aliphatic carbocycles. The molecule has 2 aliphatic heterocycles. The van der Waals surface area contributed by atoms with Crippen molar-refractivity contribution < 1.29 is 33.6 Å². The molecular weight excluding hydrogens is 536 g/mol. The van der Waals surface area contributed by atoms with Crippen molar-refractivity contribution in [3.8, 4) is 22.8 Å². The average molecular weight is 571 g/mol. The minimum atomic E-state index is -2.22. The highest BCUT2D eigenvalue weighted by Gasteiger charge is 2.46. The molecule has 42 heavy (non-hydrogen) atoms. The number of rotatable bonds is 11. The third-order valence-electron chi connectivity index (χ3n) is 7.82. The minimum Gasteiger partial charge on any atom is -0.496 e. The highest BCUT2D eigenvalue weighted by molar-refractivity contribution is 6.31. The maximum atomic E-state index is 11.2. The van der Waals surface area contributed by atoms with Gasteiger partial charge in [0.05, 0.1) is 20.1 Å². The monoisotopic (exact) mass is 570 g/mol. The van der Waals surface area contributed by atoms with Gasteiger partial charge >= 0.3 is 17.9 Å². The molecule has 2 saturated heterocycles. The lowest BCUT2D eigenvalue weighted by atomic mass is 10.1. The predicted molar refractivity (Wildman–Crippen MR) is 156 cm³/mol. The molecular formula is C33H34N2O7. The lowest BCUT2D eigenvalue weighted by Gasteiger charge is -2.18. The van der Waals surface area contributed by atoms with Crippen LogP contribution in [0.1, 0.15) is 36.8 Å². The van der Waals surface area contributed by atoms with Crippen LogP contribution in [0.4, 0.5) is 0 Å². The molecule has 9 nitrogen and oxygen atoms in total. The van der Waals surface area contributed by atoms with E-state index in [0.717, 1.165) is 47.5 Å². The number of carbonyl (C=O) groups excluding carboxylic acids is 2. The fourth-order valence-electron chi connectivity index (χ4n) is 5.71. The first-order chi connectivity index (χ1) is 20.4. The van der Waals surface area contributed by atoms with Crippen molar-refractivity contribution in [2.45, 2.75) is 44.7 Å². The van der Waals surface area contributed by atoms with Crippen LogP contribution in [0, 0.1) is 0 Å². The van der Waals surface area contributed by atoms with Gasteiger partial charge in [0.25, 0.3) is 0 Å². The van der Waals surface area contributed by atoms with E-state index in [-0.39, 0.29) is 13.0 Å². The number of ether oxygens (including phenoxy) is 4. The maximum Gasteiger partial charge on any atom is 0.422 e. The Morgan fingerprint density at radius 1 is 0.905 bits per heavy atom. The van der Waals surface area contributed by atoms with Crippen molar-refractivity contribution in [2.75, 3.05) is 26.8 Å². The number of carbonyl (C=O) groups is 2. The van der Waals surface area contributed by atoms with Crippen LogP contribution in [0.25, 0.3) is 22.2 Å². The normalized spacial score (nSPS) is 16.5. The summed E-state index contributed by atoms with van der Waals surface area (Å²) in [5.41, 5.74) is 5.68. The molecule has 6 rings (SSSR count). The number of cyclic esters (lactones) is 2. The van der Waals surface area contributed by atoms with Crippen molar-refractivity contribution in [1.82, 2.24) is 9.47 Å². The number of benzene rings is 3. The Bertz CT molecular complexity index is 1570. The summed E-state index contributed by atoms with van der Waals surface area (Å²) >= 11 is 0. The van der Waals surface area contributed by atoms with Crippen LogP contribution in [-0.2, 0) is 32.2 Å². The molecule has 0 atom stereocenters. The summed E-state index contributed by atoms with van der Waals surface area (Å²) in [5, 5.41) is 11.2. The number of nitrogens with zero attached hydrogens (tertiary/aromatic N) is 2. The summed E-state index contributed by atoms with van der Waals surface area (Å²) < 4.78 is 23.1. The topological polar surface area (TPSA) is 99.5 Å². The molecule has 4 aromatic rings. The first-order valence-corrected chi connectivity index (χ1v) is 14.3. The van der Waals surface area contributed by atoms with E-state index in [2.05, 4.69) is 61.4 Å². The first-order valence-electron chi connectivity index (χ1n) is 14.3. The number of aliphatic hydroxyl groups is 1. The third-order valence-corrected chi connectivity index (χ3v) is 7.82. The molecule has 2 aliphatic rings. The van der Waals surface area contributed by atoms with Gasteiger partial charge in [0, 0.05) is 35.2 Å². The van der Waals surface area contributed by atoms with Crippen molar-refractivity contribution in [1.29, 1.82) is 0 Å². The molecule has 0 unspecified atom stereocenters. The van der Waals surface area contributed by atoms with Gasteiger partial charge in [-0.15, -0.1) is 0 Å². The molecule has 2 fully saturated rings. The van der Waals surface area contributed by atoms with Gasteiger partial charge in [-0.25, -0.2) is 9.59 Å². The molecule has 3 heterocycles. The SMILES string of the molecule is COc1cc(Cn2c(-c3ccc(OCCCC4(O)OC(=O)C(=O)O4)cc3)cc3ccccc32)ccc1CN1CCCC1. The van der Waals surface area contributed by atoms with Crippen LogP contribution in [-0.4, -0.2) is 59.3 Å². The Hall–Kier alpha value is -4.34. The van der Waals surface area contributed by atoms with E-state index in [1.165, 1.54) is 24.0 Å². The Kier molecular flexibility index (Phi) is 7.86. The molecule has 218 valence electrons. The second-order valence-corrected chi connectivity index (χ2v) is 10.8. The number of likely N-dealkylation sites (tertiary alicyclic amines) is 1. The van der Waals surface area contributed by atoms with E-state index in [1.807, 2.05) is 30.3 Å². The van der Waals surface area contributed by atoms with Crippen molar-refractivity contribution in [2.24, 2.45) is 0 Å². The standard InChI is InChI=1S/C33H34N2O7/c1-39-30-19-23(9-10-26(30)22-34-16-4-5-17-34)21-35-28-8-3-2-7-25(28)20-29(35)24-11-13-27(14-12-24)40-18-6-15-33(38)41-31(36)32(37)42-33/h2-3,7-14,19-20,38H,4-6,15-18,21-22H2,1H3. The summed E-state index contributed by atoms with van der Waals surface area (Å²) in [5.74, 6) is -3.02. The van der Waals surface area contributed by atoms with Gasteiger partial charge in [0.1, 0.15) is 11.5 Å². The molecule has 1 N–H and O–H groups in total. The van der Waals surface area contributed by atoms with Gasteiger partial charge in [0.2, 0.25) is 0 Å². The number of methoxy groups -OCH3 is 1. The first kappa shape index (κ1) is 27.8. The van der Waals surface area contributed by atoms with Crippen molar-refractivity contribution >= 4 is 22.8 Å². The highest BCUT2D eigenvalue weighted by Crippen LogP contribution is 2.32.